The first-order chi connectivity index (χ1) is 12.9. The highest BCUT2D eigenvalue weighted by molar-refractivity contribution is 14.1. The quantitative estimate of drug-likeness (QED) is 0.391. The Balaban J connectivity index is 1.97. The Bertz CT molecular complexity index is 1080. The van der Waals surface area contributed by atoms with Gasteiger partial charge >= 0.3 is 0 Å². The van der Waals surface area contributed by atoms with Crippen molar-refractivity contribution in [2.45, 2.75) is 5.88 Å². The van der Waals surface area contributed by atoms with Gasteiger partial charge in [-0.1, -0.05) is 0 Å². The standard InChI is InChI=1S/C16H17IN6O3S/c1-27(24,25)10-23-13(11-2-4-18-5-3-11)19-12-14(20-16(17)21-15(12)23)22-6-8-26-9-7-22/h2-5H,6-10H2,1H3. The molecule has 3 aromatic rings. The van der Waals surface area contributed by atoms with Crippen molar-refractivity contribution in [3.8, 4) is 11.4 Å². The molecular weight excluding hydrogens is 483 g/mol. The summed E-state index contributed by atoms with van der Waals surface area (Å²) in [5.41, 5.74) is 1.87. The summed E-state index contributed by atoms with van der Waals surface area (Å²) in [4.78, 5) is 19.9. The molecule has 0 spiro atoms. The van der Waals surface area contributed by atoms with Gasteiger partial charge in [-0.15, -0.1) is 0 Å². The van der Waals surface area contributed by atoms with Gasteiger partial charge in [0.25, 0.3) is 0 Å². The summed E-state index contributed by atoms with van der Waals surface area (Å²) in [7, 11) is -3.31. The van der Waals surface area contributed by atoms with Crippen LogP contribution in [0.2, 0.25) is 0 Å². The summed E-state index contributed by atoms with van der Waals surface area (Å²) in [5, 5.41) is 0. The number of aromatic nitrogens is 5. The summed E-state index contributed by atoms with van der Waals surface area (Å²) in [6.07, 6.45) is 4.50. The van der Waals surface area contributed by atoms with E-state index in [4.69, 9.17) is 9.72 Å². The second-order valence-corrected chi connectivity index (χ2v) is 9.32. The van der Waals surface area contributed by atoms with E-state index in [9.17, 15) is 8.42 Å². The third kappa shape index (κ3) is 3.89. The smallest absolute Gasteiger partial charge is 0.194 e. The minimum Gasteiger partial charge on any atom is -0.378 e. The van der Waals surface area contributed by atoms with Gasteiger partial charge in [-0.25, -0.2) is 23.4 Å². The lowest BCUT2D eigenvalue weighted by Crippen LogP contribution is -2.37. The Hall–Kier alpha value is -1.86. The maximum Gasteiger partial charge on any atom is 0.194 e. The molecule has 3 aromatic heterocycles. The fourth-order valence-electron chi connectivity index (χ4n) is 3.03. The zero-order valence-corrected chi connectivity index (χ0v) is 17.5. The van der Waals surface area contributed by atoms with Gasteiger partial charge in [0.1, 0.15) is 11.7 Å². The number of hydrogen-bond donors (Lipinski definition) is 0. The lowest BCUT2D eigenvalue weighted by molar-refractivity contribution is 0.122. The molecule has 142 valence electrons. The van der Waals surface area contributed by atoms with Crippen LogP contribution in [-0.4, -0.2) is 65.5 Å². The molecule has 0 N–H and O–H groups in total. The monoisotopic (exact) mass is 500 g/mol. The summed E-state index contributed by atoms with van der Waals surface area (Å²) < 4.78 is 31.7. The predicted octanol–water partition coefficient (Wildman–Crippen LogP) is 1.33. The summed E-state index contributed by atoms with van der Waals surface area (Å²) in [6.45, 7) is 2.63. The summed E-state index contributed by atoms with van der Waals surface area (Å²) in [6, 6.07) is 3.60. The number of rotatable bonds is 4. The molecule has 0 aromatic carbocycles. The molecule has 11 heteroatoms. The van der Waals surface area contributed by atoms with E-state index in [1.54, 1.807) is 29.1 Å². The average molecular weight is 500 g/mol. The van der Waals surface area contributed by atoms with Gasteiger partial charge in [0.2, 0.25) is 0 Å². The fraction of sp³-hybridized carbons (Fsp3) is 0.375. The van der Waals surface area contributed by atoms with Gasteiger partial charge in [0.15, 0.2) is 30.7 Å². The number of nitrogens with zero attached hydrogens (tertiary/aromatic N) is 6. The maximum absolute atomic E-state index is 12.1. The van der Waals surface area contributed by atoms with E-state index in [2.05, 4.69) is 19.9 Å². The van der Waals surface area contributed by atoms with Crippen LogP contribution in [0.3, 0.4) is 0 Å². The number of morpholine rings is 1. The third-order valence-corrected chi connectivity index (χ3v) is 5.37. The molecule has 0 bridgehead atoms. The molecule has 1 saturated heterocycles. The SMILES string of the molecule is CS(=O)(=O)Cn1c(-c2ccncc2)nc2c(N3CCOCC3)nc(I)nc21. The molecule has 1 fully saturated rings. The highest BCUT2D eigenvalue weighted by Gasteiger charge is 2.24. The van der Waals surface area contributed by atoms with Crippen molar-refractivity contribution in [2.24, 2.45) is 0 Å². The lowest BCUT2D eigenvalue weighted by atomic mass is 10.2. The number of halogens is 1. The van der Waals surface area contributed by atoms with E-state index in [0.717, 1.165) is 5.56 Å². The number of fused-ring (bicyclic) bond motifs is 1. The topological polar surface area (TPSA) is 103 Å². The van der Waals surface area contributed by atoms with Crippen LogP contribution in [0.1, 0.15) is 0 Å². The minimum absolute atomic E-state index is 0.212. The molecule has 0 radical (unpaired) electrons. The van der Waals surface area contributed by atoms with Gasteiger partial charge in [-0.2, -0.15) is 0 Å². The Labute approximate surface area is 169 Å². The van der Waals surface area contributed by atoms with Crippen LogP contribution >= 0.6 is 22.6 Å². The molecule has 4 heterocycles. The molecule has 0 unspecified atom stereocenters. The van der Waals surface area contributed by atoms with Gasteiger partial charge in [0, 0.05) is 59.9 Å². The zero-order chi connectivity index (χ0) is 19.0. The molecule has 1 aliphatic rings. The van der Waals surface area contributed by atoms with Crippen molar-refractivity contribution in [3.05, 3.63) is 28.4 Å². The molecular formula is C16H17IN6O3S. The van der Waals surface area contributed by atoms with Crippen LogP contribution in [0.5, 0.6) is 0 Å². The second kappa shape index (κ2) is 7.28. The first kappa shape index (κ1) is 18.5. The minimum atomic E-state index is -3.31. The Morgan fingerprint density at radius 1 is 1.15 bits per heavy atom. The lowest BCUT2D eigenvalue weighted by Gasteiger charge is -2.27. The molecule has 1 aliphatic heterocycles. The molecule has 9 nitrogen and oxygen atoms in total. The Morgan fingerprint density at radius 3 is 2.52 bits per heavy atom. The number of sulfone groups is 1. The number of hydrogen-bond acceptors (Lipinski definition) is 8. The normalized spacial score (nSPS) is 15.4. The van der Waals surface area contributed by atoms with Crippen molar-refractivity contribution in [1.82, 2.24) is 24.5 Å². The second-order valence-electron chi connectivity index (χ2n) is 6.24. The summed E-state index contributed by atoms with van der Waals surface area (Å²) in [5.74, 6) is 1.02. The van der Waals surface area contributed by atoms with E-state index in [1.807, 2.05) is 22.6 Å². The van der Waals surface area contributed by atoms with E-state index >= 15 is 0 Å². The van der Waals surface area contributed by atoms with Crippen LogP contribution in [-0.2, 0) is 20.5 Å². The fourth-order valence-corrected chi connectivity index (χ4v) is 4.20. The van der Waals surface area contributed by atoms with Crippen molar-refractivity contribution in [2.75, 3.05) is 37.5 Å². The van der Waals surface area contributed by atoms with Gasteiger partial charge in [-0.3, -0.25) is 9.55 Å². The number of anilines is 1. The molecule has 0 saturated carbocycles. The number of ether oxygens (including phenoxy) is 1. The van der Waals surface area contributed by atoms with Crippen LogP contribution in [0, 0.1) is 3.83 Å². The number of pyridine rings is 1. The van der Waals surface area contributed by atoms with Crippen molar-refractivity contribution in [3.63, 3.8) is 0 Å². The molecule has 27 heavy (non-hydrogen) atoms. The Kier molecular flexibility index (Phi) is 4.99. The molecule has 0 aliphatic carbocycles. The van der Waals surface area contributed by atoms with Crippen molar-refractivity contribution < 1.29 is 13.2 Å². The Morgan fingerprint density at radius 2 is 1.85 bits per heavy atom. The van der Waals surface area contributed by atoms with Crippen LogP contribution < -0.4 is 4.90 Å². The van der Waals surface area contributed by atoms with E-state index < -0.39 is 9.84 Å². The molecule has 0 atom stereocenters. The van der Waals surface area contributed by atoms with E-state index in [-0.39, 0.29) is 5.88 Å². The van der Waals surface area contributed by atoms with Crippen LogP contribution in [0.15, 0.2) is 24.5 Å². The molecule has 0 amide bonds. The van der Waals surface area contributed by atoms with Gasteiger partial charge < -0.3 is 9.64 Å². The van der Waals surface area contributed by atoms with E-state index in [1.165, 1.54) is 6.26 Å². The van der Waals surface area contributed by atoms with Gasteiger partial charge in [-0.05, 0) is 12.1 Å². The maximum atomic E-state index is 12.1. The van der Waals surface area contributed by atoms with Gasteiger partial charge in [0.05, 0.1) is 13.2 Å². The van der Waals surface area contributed by atoms with Crippen molar-refractivity contribution in [1.29, 1.82) is 0 Å². The first-order valence-corrected chi connectivity index (χ1v) is 11.4. The number of imidazole rings is 1. The first-order valence-electron chi connectivity index (χ1n) is 8.27. The van der Waals surface area contributed by atoms with E-state index in [0.29, 0.717) is 52.9 Å². The highest BCUT2D eigenvalue weighted by atomic mass is 127. The predicted molar refractivity (Wildman–Crippen MR) is 109 cm³/mol. The zero-order valence-electron chi connectivity index (χ0n) is 14.5. The van der Waals surface area contributed by atoms with Crippen LogP contribution in [0.4, 0.5) is 5.82 Å². The highest BCUT2D eigenvalue weighted by Crippen LogP contribution is 2.30. The molecule has 4 rings (SSSR count). The third-order valence-electron chi connectivity index (χ3n) is 4.16. The summed E-state index contributed by atoms with van der Waals surface area (Å²) >= 11 is 2.05. The largest absolute Gasteiger partial charge is 0.378 e. The average Bonchev–Trinajstić information content (AvgIpc) is 2.99. The van der Waals surface area contributed by atoms with Crippen LogP contribution in [0.25, 0.3) is 22.6 Å². The van der Waals surface area contributed by atoms with Crippen molar-refractivity contribution >= 4 is 49.4 Å².